The number of carbonyl (C=O) groups excluding carboxylic acids is 1. The van der Waals surface area contributed by atoms with Gasteiger partial charge in [0.25, 0.3) is 0 Å². The van der Waals surface area contributed by atoms with Crippen LogP contribution in [-0.2, 0) is 11.3 Å². The Morgan fingerprint density at radius 3 is 2.52 bits per heavy atom. The summed E-state index contributed by atoms with van der Waals surface area (Å²) >= 11 is 0. The van der Waals surface area contributed by atoms with E-state index in [0.717, 1.165) is 31.4 Å². The van der Waals surface area contributed by atoms with Crippen molar-refractivity contribution in [2.45, 2.75) is 57.0 Å². The molecule has 4 rings (SSSR count). The molecule has 3 heteroatoms. The Bertz CT molecular complexity index is 696. The molecule has 1 heterocycles. The van der Waals surface area contributed by atoms with E-state index in [1.165, 1.54) is 18.4 Å². The molecule has 1 amide bonds. The molecule has 2 saturated carbocycles. The molecule has 0 radical (unpaired) electrons. The lowest BCUT2D eigenvalue weighted by Gasteiger charge is -2.38. The van der Waals surface area contributed by atoms with Crippen molar-refractivity contribution in [2.75, 3.05) is 0 Å². The minimum absolute atomic E-state index is 0.265. The van der Waals surface area contributed by atoms with Gasteiger partial charge in [0, 0.05) is 18.2 Å². The number of nitrogens with zero attached hydrogens (tertiary/aromatic N) is 2. The van der Waals surface area contributed by atoms with Crippen molar-refractivity contribution in [1.29, 1.82) is 0 Å². The summed E-state index contributed by atoms with van der Waals surface area (Å²) in [7, 11) is 0. The lowest BCUT2D eigenvalue weighted by molar-refractivity contribution is -0.136. The summed E-state index contributed by atoms with van der Waals surface area (Å²) in [5.41, 5.74) is 2.42. The zero-order valence-electron chi connectivity index (χ0n) is 14.7. The van der Waals surface area contributed by atoms with Crippen molar-refractivity contribution in [1.82, 2.24) is 9.88 Å². The van der Waals surface area contributed by atoms with E-state index < -0.39 is 0 Å². The van der Waals surface area contributed by atoms with Crippen molar-refractivity contribution in [2.24, 2.45) is 5.92 Å². The number of aromatic nitrogens is 1. The molecule has 3 nitrogen and oxygen atoms in total. The number of pyridine rings is 1. The molecule has 1 aromatic heterocycles. The van der Waals surface area contributed by atoms with Crippen LogP contribution in [0.1, 0.15) is 55.7 Å². The first-order valence-electron chi connectivity index (χ1n) is 9.56. The van der Waals surface area contributed by atoms with Crippen LogP contribution in [0.5, 0.6) is 0 Å². The van der Waals surface area contributed by atoms with Gasteiger partial charge in [0.05, 0.1) is 12.2 Å². The Morgan fingerprint density at radius 1 is 1.00 bits per heavy atom. The summed E-state index contributed by atoms with van der Waals surface area (Å²) in [6.07, 6.45) is 8.57. The van der Waals surface area contributed by atoms with Crippen LogP contribution in [0.4, 0.5) is 0 Å². The van der Waals surface area contributed by atoms with Crippen LogP contribution in [0.25, 0.3) is 0 Å². The number of hydrogen-bond donors (Lipinski definition) is 0. The number of carbonyl (C=O) groups is 1. The van der Waals surface area contributed by atoms with E-state index in [4.69, 9.17) is 0 Å². The monoisotopic (exact) mass is 334 g/mol. The Labute approximate surface area is 150 Å². The van der Waals surface area contributed by atoms with Crippen molar-refractivity contribution in [3.05, 3.63) is 66.0 Å². The van der Waals surface area contributed by atoms with Gasteiger partial charge < -0.3 is 4.90 Å². The van der Waals surface area contributed by atoms with Gasteiger partial charge in [0.2, 0.25) is 5.91 Å². The summed E-state index contributed by atoms with van der Waals surface area (Å²) in [5, 5.41) is 0. The lowest BCUT2D eigenvalue weighted by atomic mass is 9.80. The summed E-state index contributed by atoms with van der Waals surface area (Å²) < 4.78 is 0. The summed E-state index contributed by atoms with van der Waals surface area (Å²) in [4.78, 5) is 19.6. The highest BCUT2D eigenvalue weighted by Gasteiger charge is 2.38. The van der Waals surface area contributed by atoms with Crippen LogP contribution in [0, 0.1) is 5.92 Å². The van der Waals surface area contributed by atoms with Crippen molar-refractivity contribution >= 4 is 5.91 Å². The molecule has 0 spiro atoms. The highest BCUT2D eigenvalue weighted by molar-refractivity contribution is 5.81. The smallest absolute Gasteiger partial charge is 0.226 e. The van der Waals surface area contributed by atoms with Crippen molar-refractivity contribution in [3.8, 4) is 0 Å². The predicted molar refractivity (Wildman–Crippen MR) is 99.0 cm³/mol. The van der Waals surface area contributed by atoms with Crippen LogP contribution >= 0.6 is 0 Å². The van der Waals surface area contributed by atoms with Gasteiger partial charge in [-0.05, 0) is 55.7 Å². The normalized spacial score (nSPS) is 23.2. The molecule has 2 aliphatic carbocycles. The fourth-order valence-corrected chi connectivity index (χ4v) is 4.09. The molecule has 130 valence electrons. The highest BCUT2D eigenvalue weighted by atomic mass is 16.2. The zero-order chi connectivity index (χ0) is 17.1. The molecule has 2 unspecified atom stereocenters. The van der Waals surface area contributed by atoms with Crippen LogP contribution in [0.3, 0.4) is 0 Å². The number of rotatable bonds is 5. The zero-order valence-corrected chi connectivity index (χ0v) is 14.7. The van der Waals surface area contributed by atoms with Gasteiger partial charge in [-0.25, -0.2) is 0 Å². The minimum atomic E-state index is 0.265. The molecule has 1 aromatic carbocycles. The summed E-state index contributed by atoms with van der Waals surface area (Å²) in [6.45, 7) is 0.655. The van der Waals surface area contributed by atoms with Crippen LogP contribution in [0.2, 0.25) is 0 Å². The van der Waals surface area contributed by atoms with E-state index in [1.54, 1.807) is 0 Å². The molecule has 2 aromatic rings. The van der Waals surface area contributed by atoms with Gasteiger partial charge in [0.15, 0.2) is 0 Å². The van der Waals surface area contributed by atoms with E-state index in [-0.39, 0.29) is 5.92 Å². The first-order valence-corrected chi connectivity index (χ1v) is 9.56. The second-order valence-corrected chi connectivity index (χ2v) is 7.49. The molecular weight excluding hydrogens is 308 g/mol. The third-order valence-electron chi connectivity index (χ3n) is 5.63. The quantitative estimate of drug-likeness (QED) is 0.804. The maximum absolute atomic E-state index is 13.0. The highest BCUT2D eigenvalue weighted by Crippen LogP contribution is 2.38. The average Bonchev–Trinajstić information content (AvgIpc) is 3.53. The maximum atomic E-state index is 13.0. The standard InChI is InChI=1S/C22H26N2O/c25-22(18-12-13-18)24(16-20-10-4-5-14-23-20)21-11-6-9-19(15-21)17-7-2-1-3-8-17/h1-5,7-8,10,14,18-19,21H,6,9,11-13,15-16H2. The van der Waals surface area contributed by atoms with Gasteiger partial charge >= 0.3 is 0 Å². The fourth-order valence-electron chi connectivity index (χ4n) is 4.09. The van der Waals surface area contributed by atoms with Gasteiger partial charge in [-0.15, -0.1) is 0 Å². The van der Waals surface area contributed by atoms with E-state index in [2.05, 4.69) is 40.2 Å². The maximum Gasteiger partial charge on any atom is 0.226 e. The fraction of sp³-hybridized carbons (Fsp3) is 0.455. The second-order valence-electron chi connectivity index (χ2n) is 7.49. The van der Waals surface area contributed by atoms with E-state index in [9.17, 15) is 4.79 Å². The second kappa shape index (κ2) is 7.38. The van der Waals surface area contributed by atoms with Gasteiger partial charge in [0.1, 0.15) is 0 Å². The third kappa shape index (κ3) is 3.92. The van der Waals surface area contributed by atoms with Crippen LogP contribution in [0.15, 0.2) is 54.7 Å². The number of benzene rings is 1. The van der Waals surface area contributed by atoms with Crippen molar-refractivity contribution < 1.29 is 4.79 Å². The molecule has 0 N–H and O–H groups in total. The van der Waals surface area contributed by atoms with E-state index >= 15 is 0 Å². The Kier molecular flexibility index (Phi) is 4.82. The SMILES string of the molecule is O=C(C1CC1)N(Cc1ccccn1)C1CCCC(c2ccccc2)C1. The Hall–Kier alpha value is -2.16. The Morgan fingerprint density at radius 2 is 1.80 bits per heavy atom. The molecule has 2 aliphatic rings. The first-order chi connectivity index (χ1) is 12.3. The van der Waals surface area contributed by atoms with E-state index in [0.29, 0.717) is 24.4 Å². The van der Waals surface area contributed by atoms with Crippen LogP contribution in [-0.4, -0.2) is 21.8 Å². The largest absolute Gasteiger partial charge is 0.334 e. The molecule has 2 fully saturated rings. The van der Waals surface area contributed by atoms with E-state index in [1.807, 2.05) is 24.4 Å². The van der Waals surface area contributed by atoms with Crippen molar-refractivity contribution in [3.63, 3.8) is 0 Å². The number of amides is 1. The molecule has 0 bridgehead atoms. The first kappa shape index (κ1) is 16.3. The van der Waals surface area contributed by atoms with Gasteiger partial charge in [-0.1, -0.05) is 42.8 Å². The number of hydrogen-bond acceptors (Lipinski definition) is 2. The predicted octanol–water partition coefficient (Wildman–Crippen LogP) is 4.55. The third-order valence-corrected chi connectivity index (χ3v) is 5.63. The molecule has 0 saturated heterocycles. The Balaban J connectivity index is 1.52. The summed E-state index contributed by atoms with van der Waals surface area (Å²) in [5.74, 6) is 1.18. The topological polar surface area (TPSA) is 33.2 Å². The molecule has 25 heavy (non-hydrogen) atoms. The minimum Gasteiger partial charge on any atom is -0.334 e. The van der Waals surface area contributed by atoms with Crippen LogP contribution < -0.4 is 0 Å². The molecular formula is C22H26N2O. The molecule has 2 atom stereocenters. The lowest BCUT2D eigenvalue weighted by Crippen LogP contribution is -2.43. The summed E-state index contributed by atoms with van der Waals surface area (Å²) in [6, 6.07) is 17.1. The molecule has 0 aliphatic heterocycles. The van der Waals surface area contributed by atoms with Gasteiger partial charge in [-0.2, -0.15) is 0 Å². The van der Waals surface area contributed by atoms with Gasteiger partial charge in [-0.3, -0.25) is 9.78 Å². The average molecular weight is 334 g/mol.